The minimum atomic E-state index is -3.96. The number of aromatic nitrogens is 1. The zero-order valence-corrected chi connectivity index (χ0v) is 25.3. The monoisotopic (exact) mass is 598 g/mol. The van der Waals surface area contributed by atoms with E-state index in [9.17, 15) is 27.9 Å². The average Bonchev–Trinajstić information content (AvgIpc) is 3.47. The maximum absolute atomic E-state index is 13.7. The van der Waals surface area contributed by atoms with Crippen LogP contribution in [0.1, 0.15) is 53.7 Å². The van der Waals surface area contributed by atoms with E-state index in [1.165, 1.54) is 25.1 Å². The summed E-state index contributed by atoms with van der Waals surface area (Å²) in [4.78, 5) is 41.4. The third kappa shape index (κ3) is 8.73. The summed E-state index contributed by atoms with van der Waals surface area (Å²) in [6.45, 7) is 6.81. The summed E-state index contributed by atoms with van der Waals surface area (Å²) in [6, 6.07) is 11.6. The maximum atomic E-state index is 13.7. The van der Waals surface area contributed by atoms with Crippen LogP contribution in [0.3, 0.4) is 0 Å². The van der Waals surface area contributed by atoms with Crippen molar-refractivity contribution in [2.24, 2.45) is 0 Å². The van der Waals surface area contributed by atoms with Gasteiger partial charge in [-0.05, 0) is 44.9 Å². The molecule has 0 aliphatic heterocycles. The fourth-order valence-corrected chi connectivity index (χ4v) is 5.70. The first-order valence-corrected chi connectivity index (χ1v) is 15.3. The molecule has 2 unspecified atom stereocenters. The molecule has 1 aromatic heterocycles. The van der Waals surface area contributed by atoms with E-state index in [-0.39, 0.29) is 12.2 Å². The Morgan fingerprint density at radius 1 is 1.02 bits per heavy atom. The van der Waals surface area contributed by atoms with Gasteiger partial charge < -0.3 is 19.8 Å². The van der Waals surface area contributed by atoms with Crippen LogP contribution in [0, 0.1) is 13.8 Å². The van der Waals surface area contributed by atoms with Crippen molar-refractivity contribution >= 4 is 27.7 Å². The van der Waals surface area contributed by atoms with Gasteiger partial charge in [0.05, 0.1) is 18.1 Å². The van der Waals surface area contributed by atoms with E-state index in [2.05, 4.69) is 10.5 Å². The Hall–Kier alpha value is -4.03. The van der Waals surface area contributed by atoms with Crippen molar-refractivity contribution in [3.63, 3.8) is 0 Å². The molecule has 3 aromatic rings. The van der Waals surface area contributed by atoms with Gasteiger partial charge in [-0.1, -0.05) is 60.0 Å². The molecule has 3 rings (SSSR count). The lowest BCUT2D eigenvalue weighted by Gasteiger charge is -2.30. The molecule has 3 atom stereocenters. The van der Waals surface area contributed by atoms with Gasteiger partial charge in [-0.15, -0.1) is 0 Å². The molecule has 0 radical (unpaired) electrons. The topological polar surface area (TPSA) is 159 Å². The molecule has 0 fully saturated rings. The molecule has 12 heteroatoms. The summed E-state index contributed by atoms with van der Waals surface area (Å²) in [5, 5.41) is 16.5. The standard InChI is InChI=1S/C30H38N4O7S/c1-6-7-14-42(39,40)33-29(37)27(21(4)35)32-28(36)25(34(5)30(38)24-16-19(2)15-20(3)17-24)18-22-8-10-23(11-9-22)26-12-13-31-41-26/h8-13,15-17,21,25,27,35H,6-7,14,18H2,1-5H3,(H,32,36)(H,33,37)/t21?,25-,27?/m1/s1. The molecule has 3 amide bonds. The number of aliphatic hydroxyl groups excluding tert-OH is 1. The van der Waals surface area contributed by atoms with Gasteiger partial charge in [0.15, 0.2) is 5.76 Å². The Morgan fingerprint density at radius 2 is 1.67 bits per heavy atom. The molecule has 0 aliphatic rings. The van der Waals surface area contributed by atoms with Crippen LogP contribution in [0.2, 0.25) is 0 Å². The maximum Gasteiger partial charge on any atom is 0.258 e. The van der Waals surface area contributed by atoms with Crippen molar-refractivity contribution in [2.75, 3.05) is 12.8 Å². The SMILES string of the molecule is CCCCS(=O)(=O)NC(=O)C(NC(=O)[C@@H](Cc1ccc(-c2ccno2)cc1)N(C)C(=O)c1cc(C)cc(C)c1)C(C)O. The highest BCUT2D eigenvalue weighted by Gasteiger charge is 2.34. The summed E-state index contributed by atoms with van der Waals surface area (Å²) in [5.74, 6) is -1.91. The van der Waals surface area contributed by atoms with Crippen LogP contribution in [0.4, 0.5) is 0 Å². The molecule has 11 nitrogen and oxygen atoms in total. The lowest BCUT2D eigenvalue weighted by Crippen LogP contribution is -2.58. The number of unbranched alkanes of at least 4 members (excludes halogenated alkanes) is 1. The number of nitrogens with zero attached hydrogens (tertiary/aromatic N) is 2. The summed E-state index contributed by atoms with van der Waals surface area (Å²) in [5.41, 5.74) is 3.63. The van der Waals surface area contributed by atoms with E-state index in [1.807, 2.05) is 31.6 Å². The molecule has 0 saturated carbocycles. The zero-order chi connectivity index (χ0) is 31.0. The first-order chi connectivity index (χ1) is 19.8. The number of nitrogens with one attached hydrogen (secondary N) is 2. The minimum Gasteiger partial charge on any atom is -0.391 e. The van der Waals surface area contributed by atoms with Crippen LogP contribution >= 0.6 is 0 Å². The molecule has 0 saturated heterocycles. The van der Waals surface area contributed by atoms with Gasteiger partial charge in [0.1, 0.15) is 12.1 Å². The number of amides is 3. The fourth-order valence-electron chi connectivity index (χ4n) is 4.50. The van der Waals surface area contributed by atoms with Gasteiger partial charge in [-0.25, -0.2) is 8.42 Å². The second-order valence-electron chi connectivity index (χ2n) is 10.5. The lowest BCUT2D eigenvalue weighted by atomic mass is 10.00. The van der Waals surface area contributed by atoms with Gasteiger partial charge in [-0.3, -0.25) is 19.1 Å². The molecule has 226 valence electrons. The van der Waals surface area contributed by atoms with Gasteiger partial charge >= 0.3 is 0 Å². The first-order valence-electron chi connectivity index (χ1n) is 13.7. The van der Waals surface area contributed by atoms with Crippen LogP contribution in [0.25, 0.3) is 11.3 Å². The fraction of sp³-hybridized carbons (Fsp3) is 0.400. The third-order valence-corrected chi connectivity index (χ3v) is 8.09. The molecule has 1 heterocycles. The van der Waals surface area contributed by atoms with Gasteiger partial charge in [0.25, 0.3) is 11.8 Å². The Morgan fingerprint density at radius 3 is 2.21 bits per heavy atom. The molecule has 0 bridgehead atoms. The van der Waals surface area contributed by atoms with Crippen LogP contribution in [-0.4, -0.2) is 72.3 Å². The summed E-state index contributed by atoms with van der Waals surface area (Å²) < 4.78 is 31.8. The van der Waals surface area contributed by atoms with E-state index < -0.39 is 45.9 Å². The highest BCUT2D eigenvalue weighted by molar-refractivity contribution is 7.90. The molecule has 0 aliphatic carbocycles. The normalized spacial score (nSPS) is 13.6. The van der Waals surface area contributed by atoms with Crippen LogP contribution < -0.4 is 10.0 Å². The minimum absolute atomic E-state index is 0.0680. The van der Waals surface area contributed by atoms with E-state index in [4.69, 9.17) is 4.52 Å². The van der Waals surface area contributed by atoms with Crippen LogP contribution in [0.5, 0.6) is 0 Å². The predicted octanol–water partition coefficient (Wildman–Crippen LogP) is 2.75. The Kier molecular flexibility index (Phi) is 11.0. The Bertz CT molecular complexity index is 1470. The Balaban J connectivity index is 1.90. The van der Waals surface area contributed by atoms with E-state index in [0.717, 1.165) is 16.7 Å². The third-order valence-electron chi connectivity index (χ3n) is 6.75. The second-order valence-corrected chi connectivity index (χ2v) is 12.3. The average molecular weight is 599 g/mol. The van der Waals surface area contributed by atoms with Crippen LogP contribution in [0.15, 0.2) is 59.3 Å². The smallest absolute Gasteiger partial charge is 0.258 e. The summed E-state index contributed by atoms with van der Waals surface area (Å²) >= 11 is 0. The number of carbonyl (C=O) groups excluding carboxylic acids is 3. The van der Waals surface area contributed by atoms with Crippen LogP contribution in [-0.2, 0) is 26.0 Å². The first kappa shape index (κ1) is 32.5. The number of likely N-dealkylation sites (N-methyl/N-ethyl adjacent to an activating group) is 1. The summed E-state index contributed by atoms with van der Waals surface area (Å²) in [7, 11) is -2.48. The highest BCUT2D eigenvalue weighted by Crippen LogP contribution is 2.21. The van der Waals surface area contributed by atoms with Gasteiger partial charge in [-0.2, -0.15) is 0 Å². The van der Waals surface area contributed by atoms with Crippen molar-refractivity contribution in [3.05, 3.63) is 77.0 Å². The van der Waals surface area contributed by atoms with Gasteiger partial charge in [0, 0.05) is 30.7 Å². The quantitative estimate of drug-likeness (QED) is 0.271. The number of carbonyl (C=O) groups is 3. The molecular weight excluding hydrogens is 560 g/mol. The molecule has 2 aromatic carbocycles. The largest absolute Gasteiger partial charge is 0.391 e. The number of rotatable bonds is 13. The zero-order valence-electron chi connectivity index (χ0n) is 24.5. The molecule has 42 heavy (non-hydrogen) atoms. The van der Waals surface area contributed by atoms with Gasteiger partial charge in [0.2, 0.25) is 15.9 Å². The number of hydrogen-bond donors (Lipinski definition) is 3. The van der Waals surface area contributed by atoms with E-state index >= 15 is 0 Å². The molecule has 3 N–H and O–H groups in total. The van der Waals surface area contributed by atoms with E-state index in [0.29, 0.717) is 29.7 Å². The number of benzene rings is 2. The van der Waals surface area contributed by atoms with Crippen molar-refractivity contribution in [1.29, 1.82) is 0 Å². The van der Waals surface area contributed by atoms with Crippen molar-refractivity contribution in [1.82, 2.24) is 20.1 Å². The number of hydrogen-bond acceptors (Lipinski definition) is 8. The summed E-state index contributed by atoms with van der Waals surface area (Å²) in [6.07, 6.45) is 1.13. The van der Waals surface area contributed by atoms with Crippen molar-refractivity contribution in [3.8, 4) is 11.3 Å². The lowest BCUT2D eigenvalue weighted by molar-refractivity contribution is -0.132. The number of sulfonamides is 1. The second kappa shape index (κ2) is 14.2. The van der Waals surface area contributed by atoms with E-state index in [1.54, 1.807) is 42.5 Å². The molecular formula is C30H38N4O7S. The Labute approximate surface area is 246 Å². The predicted molar refractivity (Wildman–Crippen MR) is 158 cm³/mol. The number of aryl methyl sites for hydroxylation is 2. The number of aliphatic hydroxyl groups is 1. The highest BCUT2D eigenvalue weighted by atomic mass is 32.2. The van der Waals surface area contributed by atoms with Crippen molar-refractivity contribution in [2.45, 2.75) is 65.1 Å². The molecule has 0 spiro atoms. The van der Waals surface area contributed by atoms with Crippen molar-refractivity contribution < 1.29 is 32.4 Å².